The molecule has 0 aromatic carbocycles. The van der Waals surface area contributed by atoms with Crippen LogP contribution >= 0.6 is 0 Å². The Hall–Kier alpha value is -0.830. The third-order valence-electron chi connectivity index (χ3n) is 2.94. The van der Waals surface area contributed by atoms with Gasteiger partial charge in [0.2, 0.25) is 0 Å². The van der Waals surface area contributed by atoms with Crippen LogP contribution < -0.4 is 5.32 Å². The summed E-state index contributed by atoms with van der Waals surface area (Å²) in [6.07, 6.45) is 5.72. The van der Waals surface area contributed by atoms with E-state index in [0.717, 1.165) is 12.5 Å². The first kappa shape index (κ1) is 8.75. The average molecular weight is 179 g/mol. The molecule has 1 heterocycles. The summed E-state index contributed by atoms with van der Waals surface area (Å²) in [6, 6.07) is 0. The van der Waals surface area contributed by atoms with Crippen molar-refractivity contribution in [2.24, 2.45) is 13.0 Å². The molecule has 0 radical (unpaired) electrons. The molecule has 1 aliphatic carbocycles. The molecule has 1 aromatic heterocycles. The van der Waals surface area contributed by atoms with Crippen LogP contribution in [-0.4, -0.2) is 23.4 Å². The van der Waals surface area contributed by atoms with E-state index in [-0.39, 0.29) is 0 Å². The Balaban J connectivity index is 2.11. The SMILES string of the molecule is CNCC1CCc2c(cnn2C)C1. The minimum Gasteiger partial charge on any atom is -0.319 e. The van der Waals surface area contributed by atoms with Crippen molar-refractivity contribution in [3.05, 3.63) is 17.5 Å². The Morgan fingerprint density at radius 2 is 2.54 bits per heavy atom. The second-order valence-corrected chi connectivity index (χ2v) is 3.91. The minimum atomic E-state index is 0.807. The van der Waals surface area contributed by atoms with Crippen LogP contribution in [0.25, 0.3) is 0 Å². The number of aromatic nitrogens is 2. The zero-order valence-electron chi connectivity index (χ0n) is 8.38. The van der Waals surface area contributed by atoms with Crippen LogP contribution in [0.15, 0.2) is 6.20 Å². The van der Waals surface area contributed by atoms with E-state index in [4.69, 9.17) is 0 Å². The maximum absolute atomic E-state index is 4.29. The third kappa shape index (κ3) is 1.61. The van der Waals surface area contributed by atoms with Gasteiger partial charge < -0.3 is 5.32 Å². The average Bonchev–Trinajstić information content (AvgIpc) is 2.48. The van der Waals surface area contributed by atoms with Crippen molar-refractivity contribution < 1.29 is 0 Å². The normalized spacial score (nSPS) is 21.5. The van der Waals surface area contributed by atoms with Gasteiger partial charge >= 0.3 is 0 Å². The first-order valence-corrected chi connectivity index (χ1v) is 4.95. The molecule has 1 unspecified atom stereocenters. The fourth-order valence-corrected chi connectivity index (χ4v) is 2.22. The largest absolute Gasteiger partial charge is 0.319 e. The smallest absolute Gasteiger partial charge is 0.0524 e. The molecular weight excluding hydrogens is 162 g/mol. The molecule has 1 atom stereocenters. The van der Waals surface area contributed by atoms with E-state index in [0.29, 0.717) is 0 Å². The maximum Gasteiger partial charge on any atom is 0.0524 e. The quantitative estimate of drug-likeness (QED) is 0.726. The summed E-state index contributed by atoms with van der Waals surface area (Å²) >= 11 is 0. The first-order valence-electron chi connectivity index (χ1n) is 4.95. The van der Waals surface area contributed by atoms with Gasteiger partial charge in [0.25, 0.3) is 0 Å². The van der Waals surface area contributed by atoms with Gasteiger partial charge in [-0.1, -0.05) is 0 Å². The summed E-state index contributed by atoms with van der Waals surface area (Å²) in [6.45, 7) is 1.13. The van der Waals surface area contributed by atoms with Crippen molar-refractivity contribution in [3.63, 3.8) is 0 Å². The highest BCUT2D eigenvalue weighted by Gasteiger charge is 2.20. The molecule has 72 valence electrons. The Labute approximate surface area is 79.1 Å². The van der Waals surface area contributed by atoms with E-state index >= 15 is 0 Å². The number of hydrogen-bond donors (Lipinski definition) is 1. The lowest BCUT2D eigenvalue weighted by Gasteiger charge is -2.21. The van der Waals surface area contributed by atoms with Crippen LogP contribution in [0.2, 0.25) is 0 Å². The number of nitrogens with zero attached hydrogens (tertiary/aromatic N) is 2. The Morgan fingerprint density at radius 3 is 3.31 bits per heavy atom. The molecule has 1 N–H and O–H groups in total. The summed E-state index contributed by atoms with van der Waals surface area (Å²) in [5.74, 6) is 0.807. The van der Waals surface area contributed by atoms with Crippen LogP contribution in [0, 0.1) is 5.92 Å². The topological polar surface area (TPSA) is 29.9 Å². The number of hydrogen-bond acceptors (Lipinski definition) is 2. The second-order valence-electron chi connectivity index (χ2n) is 3.91. The van der Waals surface area contributed by atoms with Gasteiger partial charge in [0, 0.05) is 12.7 Å². The molecule has 3 nitrogen and oxygen atoms in total. The van der Waals surface area contributed by atoms with Crippen molar-refractivity contribution in [3.8, 4) is 0 Å². The van der Waals surface area contributed by atoms with Crippen molar-refractivity contribution in [2.75, 3.05) is 13.6 Å². The molecule has 0 amide bonds. The molecule has 0 saturated heterocycles. The van der Waals surface area contributed by atoms with Crippen molar-refractivity contribution in [2.45, 2.75) is 19.3 Å². The molecule has 13 heavy (non-hydrogen) atoms. The summed E-state index contributed by atoms with van der Waals surface area (Å²) < 4.78 is 2.02. The number of nitrogens with one attached hydrogen (secondary N) is 1. The third-order valence-corrected chi connectivity index (χ3v) is 2.94. The molecule has 0 spiro atoms. The first-order chi connectivity index (χ1) is 6.31. The molecule has 1 aromatic rings. The van der Waals surface area contributed by atoms with Gasteiger partial charge in [0.15, 0.2) is 0 Å². The maximum atomic E-state index is 4.29. The van der Waals surface area contributed by atoms with E-state index in [9.17, 15) is 0 Å². The van der Waals surface area contributed by atoms with Crippen LogP contribution in [0.5, 0.6) is 0 Å². The predicted octanol–water partition coefficient (Wildman–Crippen LogP) is 0.744. The zero-order valence-corrected chi connectivity index (χ0v) is 8.38. The number of aryl methyl sites for hydroxylation is 1. The summed E-state index contributed by atoms with van der Waals surface area (Å²) in [5, 5.41) is 7.54. The van der Waals surface area contributed by atoms with Gasteiger partial charge in [0.05, 0.1) is 6.20 Å². The van der Waals surface area contributed by atoms with Gasteiger partial charge in [0.1, 0.15) is 0 Å². The van der Waals surface area contributed by atoms with Crippen molar-refractivity contribution >= 4 is 0 Å². The van der Waals surface area contributed by atoms with Crippen LogP contribution in [0.3, 0.4) is 0 Å². The fraction of sp³-hybridized carbons (Fsp3) is 0.700. The molecule has 2 rings (SSSR count). The second kappa shape index (κ2) is 3.50. The van der Waals surface area contributed by atoms with E-state index in [1.165, 1.54) is 30.5 Å². The minimum absolute atomic E-state index is 0.807. The summed E-state index contributed by atoms with van der Waals surface area (Å²) in [4.78, 5) is 0. The van der Waals surface area contributed by atoms with Gasteiger partial charge in [-0.25, -0.2) is 0 Å². The predicted molar refractivity (Wildman–Crippen MR) is 52.6 cm³/mol. The molecule has 3 heteroatoms. The number of rotatable bonds is 2. The highest BCUT2D eigenvalue weighted by Crippen LogP contribution is 2.24. The molecular formula is C10H17N3. The van der Waals surface area contributed by atoms with Crippen molar-refractivity contribution in [1.82, 2.24) is 15.1 Å². The van der Waals surface area contributed by atoms with Crippen LogP contribution in [0.4, 0.5) is 0 Å². The molecule has 0 aliphatic heterocycles. The van der Waals surface area contributed by atoms with E-state index in [1.54, 1.807) is 0 Å². The zero-order chi connectivity index (χ0) is 9.26. The van der Waals surface area contributed by atoms with Gasteiger partial charge in [-0.2, -0.15) is 5.10 Å². The molecule has 0 fully saturated rings. The van der Waals surface area contributed by atoms with Crippen molar-refractivity contribution in [1.29, 1.82) is 0 Å². The molecule has 0 bridgehead atoms. The molecule has 0 saturated carbocycles. The monoisotopic (exact) mass is 179 g/mol. The van der Waals surface area contributed by atoms with E-state index < -0.39 is 0 Å². The standard InChI is InChI=1S/C10H17N3/c1-11-6-8-3-4-10-9(5-8)7-12-13(10)2/h7-8,11H,3-6H2,1-2H3. The van der Waals surface area contributed by atoms with Crippen LogP contribution in [-0.2, 0) is 19.9 Å². The lowest BCUT2D eigenvalue weighted by molar-refractivity contribution is 0.432. The lowest BCUT2D eigenvalue weighted by atomic mass is 9.88. The van der Waals surface area contributed by atoms with E-state index in [1.807, 2.05) is 25.0 Å². The Morgan fingerprint density at radius 1 is 1.69 bits per heavy atom. The molecule has 1 aliphatic rings. The Bertz CT molecular complexity index is 290. The highest BCUT2D eigenvalue weighted by molar-refractivity contribution is 5.21. The fourth-order valence-electron chi connectivity index (χ4n) is 2.22. The van der Waals surface area contributed by atoms with Crippen LogP contribution in [0.1, 0.15) is 17.7 Å². The highest BCUT2D eigenvalue weighted by atomic mass is 15.3. The van der Waals surface area contributed by atoms with Gasteiger partial charge in [-0.3, -0.25) is 4.68 Å². The van der Waals surface area contributed by atoms with Gasteiger partial charge in [-0.15, -0.1) is 0 Å². The summed E-state index contributed by atoms with van der Waals surface area (Å²) in [7, 11) is 4.07. The van der Waals surface area contributed by atoms with E-state index in [2.05, 4.69) is 10.4 Å². The lowest BCUT2D eigenvalue weighted by Crippen LogP contribution is -2.25. The Kier molecular flexibility index (Phi) is 2.36. The number of fused-ring (bicyclic) bond motifs is 1. The van der Waals surface area contributed by atoms with Gasteiger partial charge in [-0.05, 0) is 44.3 Å². The summed E-state index contributed by atoms with van der Waals surface area (Å²) in [5.41, 5.74) is 2.89.